The van der Waals surface area contributed by atoms with Crippen LogP contribution < -0.4 is 0 Å². The molecule has 0 fully saturated rings. The van der Waals surface area contributed by atoms with Crippen molar-refractivity contribution in [2.45, 2.75) is 19.8 Å². The van der Waals surface area contributed by atoms with E-state index in [0.29, 0.717) is 0 Å². The minimum atomic E-state index is -0.822. The normalized spacial score (nSPS) is 10.4. The summed E-state index contributed by atoms with van der Waals surface area (Å²) < 4.78 is 0. The van der Waals surface area contributed by atoms with Crippen molar-refractivity contribution in [1.29, 1.82) is 0 Å². The molecule has 130 valence electrons. The van der Waals surface area contributed by atoms with Crippen LogP contribution in [0.1, 0.15) is 30.9 Å². The van der Waals surface area contributed by atoms with Gasteiger partial charge in [0.2, 0.25) is 0 Å². The van der Waals surface area contributed by atoms with Gasteiger partial charge in [0.25, 0.3) is 0 Å². The van der Waals surface area contributed by atoms with Crippen LogP contribution in [0.4, 0.5) is 0 Å². The molecule has 0 amide bonds. The maximum absolute atomic E-state index is 11.3. The van der Waals surface area contributed by atoms with E-state index in [-0.39, 0.29) is 6.61 Å². The van der Waals surface area contributed by atoms with Gasteiger partial charge in [0.1, 0.15) is 5.92 Å². The van der Waals surface area contributed by atoms with E-state index >= 15 is 0 Å². The van der Waals surface area contributed by atoms with E-state index in [1.165, 1.54) is 0 Å². The zero-order valence-corrected chi connectivity index (χ0v) is 14.4. The minimum absolute atomic E-state index is 0.279. The number of rotatable bonds is 7. The fourth-order valence-corrected chi connectivity index (χ4v) is 2.45. The summed E-state index contributed by atoms with van der Waals surface area (Å²) in [5.74, 6) is -1.40. The van der Waals surface area contributed by atoms with Crippen LogP contribution in [0.25, 0.3) is 0 Å². The largest absolute Gasteiger partial charge is 0.481 e. The van der Waals surface area contributed by atoms with Crippen LogP contribution in [-0.4, -0.2) is 47.3 Å². The Morgan fingerprint density at radius 2 is 1.33 bits per heavy atom. The molecule has 0 atom stereocenters. The molecule has 24 heavy (non-hydrogen) atoms. The highest BCUT2D eigenvalue weighted by molar-refractivity contribution is 5.80. The van der Waals surface area contributed by atoms with Crippen LogP contribution >= 0.6 is 0 Å². The Morgan fingerprint density at radius 3 is 1.58 bits per heavy atom. The molecule has 0 heterocycles. The number of nitrogens with zero attached hydrogens (tertiary/aromatic N) is 1. The molecule has 0 aromatic heterocycles. The van der Waals surface area contributed by atoms with Crippen molar-refractivity contribution >= 4 is 5.97 Å². The fraction of sp³-hybridized carbons (Fsp3) is 0.350. The molecule has 0 aliphatic rings. The van der Waals surface area contributed by atoms with Gasteiger partial charge in [-0.3, -0.25) is 4.79 Å². The number of aliphatic hydroxyl groups excluding tert-OH is 1. The summed E-state index contributed by atoms with van der Waals surface area (Å²) in [6.07, 6.45) is 0. The number of likely N-dealkylation sites (N-methyl/N-ethyl adjacent to an activating group) is 1. The quantitative estimate of drug-likeness (QED) is 0.819. The van der Waals surface area contributed by atoms with Gasteiger partial charge < -0.3 is 15.1 Å². The van der Waals surface area contributed by atoms with Gasteiger partial charge in [0, 0.05) is 6.54 Å². The Kier molecular flexibility index (Phi) is 9.42. The van der Waals surface area contributed by atoms with E-state index in [9.17, 15) is 9.90 Å². The van der Waals surface area contributed by atoms with Crippen LogP contribution in [0.5, 0.6) is 0 Å². The van der Waals surface area contributed by atoms with Crippen LogP contribution in [-0.2, 0) is 4.79 Å². The maximum atomic E-state index is 11.3. The standard InChI is InChI=1S/C14H12O2.C6H15NO/c15-14(16)13(11-7-3-1-4-8-11)12-9-5-2-6-10-12;1-3-7(4-2)5-6-8/h1-10,13H,(H,15,16);8H,3-6H2,1-2H3. The minimum Gasteiger partial charge on any atom is -0.481 e. The van der Waals surface area contributed by atoms with Crippen LogP contribution in [0.15, 0.2) is 60.7 Å². The lowest BCUT2D eigenvalue weighted by Crippen LogP contribution is -2.25. The number of hydrogen-bond acceptors (Lipinski definition) is 3. The second-order valence-corrected chi connectivity index (χ2v) is 5.34. The smallest absolute Gasteiger partial charge is 0.315 e. The SMILES string of the molecule is CCN(CC)CCO.O=C(O)C(c1ccccc1)c1ccccc1. The predicted octanol–water partition coefficient (Wildman–Crippen LogP) is 3.22. The van der Waals surface area contributed by atoms with Crippen molar-refractivity contribution < 1.29 is 15.0 Å². The summed E-state index contributed by atoms with van der Waals surface area (Å²) in [4.78, 5) is 13.5. The van der Waals surface area contributed by atoms with E-state index < -0.39 is 11.9 Å². The van der Waals surface area contributed by atoms with Gasteiger partial charge in [-0.2, -0.15) is 0 Å². The summed E-state index contributed by atoms with van der Waals surface area (Å²) in [6, 6.07) is 18.5. The first-order valence-corrected chi connectivity index (χ1v) is 8.29. The van der Waals surface area contributed by atoms with Crippen molar-refractivity contribution in [2.24, 2.45) is 0 Å². The zero-order chi connectivity index (χ0) is 17.8. The van der Waals surface area contributed by atoms with Gasteiger partial charge in [-0.25, -0.2) is 0 Å². The predicted molar refractivity (Wildman–Crippen MR) is 97.2 cm³/mol. The number of aliphatic hydroxyl groups is 1. The molecule has 0 radical (unpaired) electrons. The summed E-state index contributed by atoms with van der Waals surface area (Å²) in [7, 11) is 0. The summed E-state index contributed by atoms with van der Waals surface area (Å²) in [6.45, 7) is 7.36. The number of hydrogen-bond donors (Lipinski definition) is 2. The maximum Gasteiger partial charge on any atom is 0.315 e. The number of aliphatic carboxylic acids is 1. The number of carboxylic acid groups (broad SMARTS) is 1. The van der Waals surface area contributed by atoms with Gasteiger partial charge in [-0.1, -0.05) is 74.5 Å². The average molecular weight is 329 g/mol. The van der Waals surface area contributed by atoms with Crippen LogP contribution in [0, 0.1) is 0 Å². The third kappa shape index (κ3) is 6.52. The van der Waals surface area contributed by atoms with Gasteiger partial charge >= 0.3 is 5.97 Å². The Morgan fingerprint density at radius 1 is 0.917 bits per heavy atom. The molecule has 0 bridgehead atoms. The molecule has 0 aliphatic carbocycles. The molecule has 0 saturated heterocycles. The van der Waals surface area contributed by atoms with Crippen LogP contribution in [0.2, 0.25) is 0 Å². The molecule has 2 rings (SSSR count). The highest BCUT2D eigenvalue weighted by Crippen LogP contribution is 2.24. The molecule has 2 aromatic carbocycles. The van der Waals surface area contributed by atoms with Crippen molar-refractivity contribution in [1.82, 2.24) is 4.90 Å². The monoisotopic (exact) mass is 329 g/mol. The lowest BCUT2D eigenvalue weighted by Gasteiger charge is -2.15. The van der Waals surface area contributed by atoms with Gasteiger partial charge in [-0.05, 0) is 24.2 Å². The molecule has 4 nitrogen and oxygen atoms in total. The number of benzene rings is 2. The van der Waals surface area contributed by atoms with Gasteiger partial charge in [-0.15, -0.1) is 0 Å². The third-order valence-corrected chi connectivity index (χ3v) is 3.82. The first-order chi connectivity index (χ1) is 11.6. The number of carboxylic acids is 1. The molecular formula is C20H27NO3. The Bertz CT molecular complexity index is 528. The molecule has 2 N–H and O–H groups in total. The van der Waals surface area contributed by atoms with Gasteiger partial charge in [0.15, 0.2) is 0 Å². The first kappa shape index (κ1) is 19.9. The molecule has 2 aromatic rings. The summed E-state index contributed by atoms with van der Waals surface area (Å²) in [5, 5.41) is 17.7. The third-order valence-electron chi connectivity index (χ3n) is 3.82. The summed E-state index contributed by atoms with van der Waals surface area (Å²) >= 11 is 0. The van der Waals surface area contributed by atoms with Crippen molar-refractivity contribution in [3.05, 3.63) is 71.8 Å². The second kappa shape index (κ2) is 11.4. The molecule has 4 heteroatoms. The highest BCUT2D eigenvalue weighted by Gasteiger charge is 2.21. The van der Waals surface area contributed by atoms with Crippen molar-refractivity contribution in [3.8, 4) is 0 Å². The molecule has 0 spiro atoms. The van der Waals surface area contributed by atoms with E-state index in [4.69, 9.17) is 5.11 Å². The van der Waals surface area contributed by atoms with E-state index in [1.54, 1.807) is 0 Å². The van der Waals surface area contributed by atoms with Crippen molar-refractivity contribution in [2.75, 3.05) is 26.2 Å². The Hall–Kier alpha value is -2.17. The molecule has 0 saturated carbocycles. The number of carbonyl (C=O) groups is 1. The fourth-order valence-electron chi connectivity index (χ4n) is 2.45. The lowest BCUT2D eigenvalue weighted by molar-refractivity contribution is -0.137. The molecular weight excluding hydrogens is 302 g/mol. The highest BCUT2D eigenvalue weighted by atomic mass is 16.4. The Labute approximate surface area is 144 Å². The van der Waals surface area contributed by atoms with Crippen molar-refractivity contribution in [3.63, 3.8) is 0 Å². The van der Waals surface area contributed by atoms with E-state index in [0.717, 1.165) is 30.8 Å². The second-order valence-electron chi connectivity index (χ2n) is 5.34. The van der Waals surface area contributed by atoms with Crippen LogP contribution in [0.3, 0.4) is 0 Å². The Balaban J connectivity index is 0.000000307. The lowest BCUT2D eigenvalue weighted by atomic mass is 9.92. The van der Waals surface area contributed by atoms with E-state index in [1.807, 2.05) is 60.7 Å². The van der Waals surface area contributed by atoms with Gasteiger partial charge in [0.05, 0.1) is 6.61 Å². The average Bonchev–Trinajstić information content (AvgIpc) is 2.62. The summed E-state index contributed by atoms with van der Waals surface area (Å²) in [5.41, 5.74) is 1.61. The topological polar surface area (TPSA) is 60.8 Å². The molecule has 0 aliphatic heterocycles. The van der Waals surface area contributed by atoms with E-state index in [2.05, 4.69) is 18.7 Å². The molecule has 0 unspecified atom stereocenters. The zero-order valence-electron chi connectivity index (χ0n) is 14.4. The first-order valence-electron chi connectivity index (χ1n) is 8.29.